The van der Waals surface area contributed by atoms with E-state index in [0.29, 0.717) is 0 Å². The fraction of sp³-hybridized carbons (Fsp3) is 0.286. The van der Waals surface area contributed by atoms with Crippen molar-refractivity contribution in [3.05, 3.63) is 48.0 Å². The van der Waals surface area contributed by atoms with E-state index in [1.807, 2.05) is 24.3 Å². The van der Waals surface area contributed by atoms with Gasteiger partial charge in [-0.15, -0.1) is 0 Å². The molecule has 0 radical (unpaired) electrons. The van der Waals surface area contributed by atoms with E-state index in [0.717, 1.165) is 52.8 Å². The highest BCUT2D eigenvalue weighted by Gasteiger charge is 2.20. The molecular weight excluding hydrogens is 354 g/mol. The highest BCUT2D eigenvalue weighted by Crippen LogP contribution is 2.33. The van der Waals surface area contributed by atoms with Crippen molar-refractivity contribution < 1.29 is 0 Å². The molecule has 0 saturated carbocycles. The van der Waals surface area contributed by atoms with E-state index in [4.69, 9.17) is 15.0 Å². The number of nitrogens with zero attached hydrogens (tertiary/aromatic N) is 4. The molecule has 1 aliphatic heterocycles. The van der Waals surface area contributed by atoms with Crippen LogP contribution in [0.2, 0.25) is 0 Å². The molecule has 5 nitrogen and oxygen atoms in total. The normalized spacial score (nSPS) is 14.3. The van der Waals surface area contributed by atoms with E-state index in [9.17, 15) is 0 Å². The summed E-state index contributed by atoms with van der Waals surface area (Å²) in [4.78, 5) is 16.9. The van der Waals surface area contributed by atoms with Crippen molar-refractivity contribution in [3.63, 3.8) is 0 Å². The Morgan fingerprint density at radius 3 is 2.52 bits per heavy atom. The summed E-state index contributed by atoms with van der Waals surface area (Å²) in [5.41, 5.74) is 4.19. The highest BCUT2D eigenvalue weighted by molar-refractivity contribution is 7.22. The van der Waals surface area contributed by atoms with Crippen molar-refractivity contribution in [3.8, 4) is 0 Å². The number of aryl methyl sites for hydroxylation is 1. The zero-order valence-electron chi connectivity index (χ0n) is 15.3. The van der Waals surface area contributed by atoms with Gasteiger partial charge in [0, 0.05) is 13.1 Å². The maximum Gasteiger partial charge on any atom is 0.189 e. The number of para-hydroxylation sites is 2. The van der Waals surface area contributed by atoms with Crippen LogP contribution in [0, 0.1) is 0 Å². The Hall–Kier alpha value is -2.73. The van der Waals surface area contributed by atoms with Crippen LogP contribution in [0.25, 0.3) is 21.3 Å². The molecule has 0 atom stereocenters. The standard InChI is InChI=1S/C21H21N5S/c1-2-14-9-10-17-18(13-14)27-21(24-17)25-19-20(26-11-5-6-12-26)23-16-8-4-3-7-15(16)22-19/h3-4,7-10,13H,2,5-6,11-12H2,1H3,(H,22,24,25). The third-order valence-electron chi connectivity index (χ3n) is 5.04. The summed E-state index contributed by atoms with van der Waals surface area (Å²) in [7, 11) is 0. The van der Waals surface area contributed by atoms with E-state index in [2.05, 4.69) is 35.3 Å². The summed E-state index contributed by atoms with van der Waals surface area (Å²) in [6, 6.07) is 14.5. The zero-order valence-corrected chi connectivity index (χ0v) is 16.1. The van der Waals surface area contributed by atoms with Gasteiger partial charge in [-0.25, -0.2) is 15.0 Å². The van der Waals surface area contributed by atoms with E-state index in [-0.39, 0.29) is 0 Å². The topological polar surface area (TPSA) is 53.9 Å². The first-order valence-corrected chi connectivity index (χ1v) is 10.3. The molecule has 27 heavy (non-hydrogen) atoms. The molecule has 0 spiro atoms. The first-order chi connectivity index (χ1) is 13.3. The number of nitrogens with one attached hydrogen (secondary N) is 1. The lowest BCUT2D eigenvalue weighted by Crippen LogP contribution is -2.21. The third-order valence-corrected chi connectivity index (χ3v) is 5.98. The molecule has 2 aromatic carbocycles. The Balaban J connectivity index is 1.57. The van der Waals surface area contributed by atoms with Crippen molar-refractivity contribution in [2.45, 2.75) is 26.2 Å². The van der Waals surface area contributed by atoms with Gasteiger partial charge in [-0.1, -0.05) is 36.5 Å². The van der Waals surface area contributed by atoms with Gasteiger partial charge in [-0.05, 0) is 49.1 Å². The molecule has 6 heteroatoms. The Morgan fingerprint density at radius 1 is 0.963 bits per heavy atom. The molecule has 1 fully saturated rings. The molecule has 1 saturated heterocycles. The van der Waals surface area contributed by atoms with E-state index < -0.39 is 0 Å². The predicted molar refractivity (Wildman–Crippen MR) is 113 cm³/mol. The minimum absolute atomic E-state index is 0.797. The first kappa shape index (κ1) is 16.4. The molecule has 0 aliphatic carbocycles. The second kappa shape index (κ2) is 6.78. The Bertz CT molecular complexity index is 1110. The van der Waals surface area contributed by atoms with Gasteiger partial charge in [0.15, 0.2) is 16.8 Å². The number of rotatable bonds is 4. The van der Waals surface area contributed by atoms with Crippen molar-refractivity contribution >= 4 is 49.4 Å². The number of anilines is 3. The van der Waals surface area contributed by atoms with Crippen LogP contribution in [-0.4, -0.2) is 28.0 Å². The third kappa shape index (κ3) is 3.10. The predicted octanol–water partition coefficient (Wildman–Crippen LogP) is 5.15. The van der Waals surface area contributed by atoms with Crippen LogP contribution >= 0.6 is 11.3 Å². The van der Waals surface area contributed by atoms with E-state index >= 15 is 0 Å². The lowest BCUT2D eigenvalue weighted by atomic mass is 10.2. The van der Waals surface area contributed by atoms with Gasteiger partial charge < -0.3 is 10.2 Å². The van der Waals surface area contributed by atoms with Crippen LogP contribution < -0.4 is 10.2 Å². The molecule has 3 heterocycles. The smallest absolute Gasteiger partial charge is 0.189 e. The van der Waals surface area contributed by atoms with Gasteiger partial charge in [0.25, 0.3) is 0 Å². The summed E-state index contributed by atoms with van der Waals surface area (Å²) >= 11 is 1.67. The van der Waals surface area contributed by atoms with Crippen LogP contribution in [0.5, 0.6) is 0 Å². The largest absolute Gasteiger partial charge is 0.354 e. The first-order valence-electron chi connectivity index (χ1n) is 9.48. The van der Waals surface area contributed by atoms with E-state index in [1.165, 1.54) is 23.1 Å². The molecule has 1 N–H and O–H groups in total. The monoisotopic (exact) mass is 375 g/mol. The zero-order chi connectivity index (χ0) is 18.2. The maximum absolute atomic E-state index is 4.91. The van der Waals surface area contributed by atoms with Gasteiger partial charge in [0.1, 0.15) is 0 Å². The van der Waals surface area contributed by atoms with Crippen molar-refractivity contribution in [2.24, 2.45) is 0 Å². The Labute approximate surface area is 162 Å². The number of thiazole rings is 1. The Kier molecular flexibility index (Phi) is 4.13. The van der Waals surface area contributed by atoms with Gasteiger partial charge in [0.05, 0.1) is 21.3 Å². The van der Waals surface area contributed by atoms with Gasteiger partial charge in [-0.3, -0.25) is 0 Å². The number of benzene rings is 2. The molecule has 0 bridgehead atoms. The van der Waals surface area contributed by atoms with Crippen molar-refractivity contribution in [2.75, 3.05) is 23.3 Å². The molecule has 4 aromatic rings. The van der Waals surface area contributed by atoms with Gasteiger partial charge in [0.2, 0.25) is 0 Å². The number of hydrogen-bond acceptors (Lipinski definition) is 6. The second-order valence-corrected chi connectivity index (χ2v) is 7.91. The van der Waals surface area contributed by atoms with Crippen molar-refractivity contribution in [1.29, 1.82) is 0 Å². The van der Waals surface area contributed by atoms with Crippen LogP contribution in [0.15, 0.2) is 42.5 Å². The number of hydrogen-bond donors (Lipinski definition) is 1. The average molecular weight is 376 g/mol. The molecule has 136 valence electrons. The minimum atomic E-state index is 0.797. The Morgan fingerprint density at radius 2 is 1.74 bits per heavy atom. The van der Waals surface area contributed by atoms with Crippen LogP contribution in [0.1, 0.15) is 25.3 Å². The van der Waals surface area contributed by atoms with Crippen LogP contribution in [0.3, 0.4) is 0 Å². The molecular formula is C21H21N5S. The molecule has 0 unspecified atom stereocenters. The van der Waals surface area contributed by atoms with Gasteiger partial charge in [-0.2, -0.15) is 0 Å². The lowest BCUT2D eigenvalue weighted by molar-refractivity contribution is 0.939. The van der Waals surface area contributed by atoms with Gasteiger partial charge >= 0.3 is 0 Å². The van der Waals surface area contributed by atoms with E-state index in [1.54, 1.807) is 11.3 Å². The summed E-state index contributed by atoms with van der Waals surface area (Å²) in [5, 5.41) is 4.32. The van der Waals surface area contributed by atoms with Crippen molar-refractivity contribution in [1.82, 2.24) is 15.0 Å². The summed E-state index contributed by atoms with van der Waals surface area (Å²) in [6.45, 7) is 4.23. The molecule has 1 aliphatic rings. The second-order valence-electron chi connectivity index (χ2n) is 6.88. The average Bonchev–Trinajstić information content (AvgIpc) is 3.36. The quantitative estimate of drug-likeness (QED) is 0.535. The van der Waals surface area contributed by atoms with Crippen LogP contribution in [0.4, 0.5) is 16.8 Å². The molecule has 0 amide bonds. The number of fused-ring (bicyclic) bond motifs is 2. The summed E-state index contributed by atoms with van der Waals surface area (Å²) in [6.07, 6.45) is 3.44. The highest BCUT2D eigenvalue weighted by atomic mass is 32.1. The SMILES string of the molecule is CCc1ccc2nc(Nc3nc4ccccc4nc3N3CCCC3)sc2c1. The molecule has 2 aromatic heterocycles. The minimum Gasteiger partial charge on any atom is -0.354 e. The summed E-state index contributed by atoms with van der Waals surface area (Å²) in [5.74, 6) is 1.73. The number of aromatic nitrogens is 3. The summed E-state index contributed by atoms with van der Waals surface area (Å²) < 4.78 is 1.20. The fourth-order valence-electron chi connectivity index (χ4n) is 3.57. The fourth-order valence-corrected chi connectivity index (χ4v) is 4.50. The lowest BCUT2D eigenvalue weighted by Gasteiger charge is -2.19. The molecule has 5 rings (SSSR count). The van der Waals surface area contributed by atoms with Crippen LogP contribution in [-0.2, 0) is 6.42 Å². The maximum atomic E-state index is 4.91.